The van der Waals surface area contributed by atoms with E-state index in [9.17, 15) is 4.79 Å². The molecule has 0 saturated heterocycles. The zero-order chi connectivity index (χ0) is 19.1. The van der Waals surface area contributed by atoms with E-state index in [-0.39, 0.29) is 11.8 Å². The summed E-state index contributed by atoms with van der Waals surface area (Å²) in [5, 5.41) is 13.6. The molecule has 0 unspecified atom stereocenters. The van der Waals surface area contributed by atoms with Gasteiger partial charge in [0, 0.05) is 34.9 Å². The molecular weight excluding hydrogens is 338 g/mol. The zero-order valence-electron chi connectivity index (χ0n) is 15.2. The van der Waals surface area contributed by atoms with Crippen LogP contribution in [-0.4, -0.2) is 15.9 Å². The van der Waals surface area contributed by atoms with Gasteiger partial charge in [-0.2, -0.15) is 5.26 Å². The molecule has 2 aromatic heterocycles. The number of anilines is 2. The average molecular weight is 357 g/mol. The van der Waals surface area contributed by atoms with Crippen molar-refractivity contribution < 1.29 is 4.79 Å². The van der Waals surface area contributed by atoms with E-state index in [4.69, 9.17) is 11.0 Å². The van der Waals surface area contributed by atoms with Crippen LogP contribution in [0.4, 0.5) is 11.5 Å². The van der Waals surface area contributed by atoms with Crippen LogP contribution < -0.4 is 11.1 Å². The summed E-state index contributed by atoms with van der Waals surface area (Å²) in [5.74, 6) is 1.08. The van der Waals surface area contributed by atoms with Crippen molar-refractivity contribution in [1.29, 1.82) is 5.26 Å². The first kappa shape index (κ1) is 17.0. The van der Waals surface area contributed by atoms with Crippen LogP contribution in [0.25, 0.3) is 21.9 Å². The molecule has 0 spiro atoms. The summed E-state index contributed by atoms with van der Waals surface area (Å²) >= 11 is 0. The largest absolute Gasteiger partial charge is 0.398 e. The summed E-state index contributed by atoms with van der Waals surface area (Å²) in [6.07, 6.45) is 4.30. The summed E-state index contributed by atoms with van der Waals surface area (Å²) in [6.45, 7) is 4.01. The Labute approximate surface area is 157 Å². The number of hydrogen-bond donors (Lipinski definition) is 2. The molecule has 1 fully saturated rings. The number of benzene rings is 1. The predicted octanol–water partition coefficient (Wildman–Crippen LogP) is 3.65. The molecule has 27 heavy (non-hydrogen) atoms. The van der Waals surface area contributed by atoms with Crippen molar-refractivity contribution >= 4 is 28.2 Å². The Bertz CT molecular complexity index is 1120. The number of nitriles is 1. The van der Waals surface area contributed by atoms with Gasteiger partial charge < -0.3 is 11.1 Å². The first-order valence-electron chi connectivity index (χ1n) is 8.83. The molecule has 6 heteroatoms. The van der Waals surface area contributed by atoms with Crippen LogP contribution in [-0.2, 0) is 4.79 Å². The molecule has 1 amide bonds. The number of nitrogen functional groups attached to an aromatic ring is 1. The van der Waals surface area contributed by atoms with Crippen LogP contribution in [0.2, 0.25) is 0 Å². The minimum atomic E-state index is 0.0191. The summed E-state index contributed by atoms with van der Waals surface area (Å²) in [4.78, 5) is 20.7. The molecule has 6 nitrogen and oxygen atoms in total. The Hall–Kier alpha value is -3.46. The van der Waals surface area contributed by atoms with E-state index in [0.29, 0.717) is 23.1 Å². The SMILES string of the molecule is Cc1cc(C#N)ncc1-c1cc(N)c2cnc(NC(=O)[C@@H]3C[C@H]3C)cc2c1. The summed E-state index contributed by atoms with van der Waals surface area (Å²) in [5.41, 5.74) is 9.99. The van der Waals surface area contributed by atoms with Gasteiger partial charge in [0.25, 0.3) is 0 Å². The number of rotatable bonds is 3. The quantitative estimate of drug-likeness (QED) is 0.696. The van der Waals surface area contributed by atoms with Crippen LogP contribution in [0.1, 0.15) is 24.6 Å². The van der Waals surface area contributed by atoms with E-state index >= 15 is 0 Å². The third-order valence-corrected chi connectivity index (χ3v) is 5.10. The fraction of sp³-hybridized carbons (Fsp3) is 0.238. The van der Waals surface area contributed by atoms with E-state index in [1.807, 2.05) is 31.2 Å². The number of aromatic nitrogens is 2. The lowest BCUT2D eigenvalue weighted by Gasteiger charge is -2.11. The Balaban J connectivity index is 1.73. The van der Waals surface area contributed by atoms with Crippen molar-refractivity contribution in [3.63, 3.8) is 0 Å². The van der Waals surface area contributed by atoms with Gasteiger partial charge in [0.2, 0.25) is 5.91 Å². The van der Waals surface area contributed by atoms with E-state index in [1.54, 1.807) is 18.5 Å². The monoisotopic (exact) mass is 357 g/mol. The number of amides is 1. The fourth-order valence-electron chi connectivity index (χ4n) is 3.34. The van der Waals surface area contributed by atoms with Crippen molar-refractivity contribution in [3.8, 4) is 17.2 Å². The molecule has 0 radical (unpaired) electrons. The number of hydrogen-bond acceptors (Lipinski definition) is 5. The van der Waals surface area contributed by atoms with Crippen LogP contribution in [0.3, 0.4) is 0 Å². The number of carbonyl (C=O) groups excluding carboxylic acids is 1. The Kier molecular flexibility index (Phi) is 4.00. The van der Waals surface area contributed by atoms with Gasteiger partial charge in [-0.25, -0.2) is 9.97 Å². The smallest absolute Gasteiger partial charge is 0.228 e. The maximum absolute atomic E-state index is 12.2. The second-order valence-electron chi connectivity index (χ2n) is 7.16. The standard InChI is InChI=1S/C21H19N5O/c1-11-3-15(8-22)24-9-17(11)13-5-14-7-20(25-10-18(14)19(23)6-13)26-21(27)16-4-12(16)2/h3,5-7,9-10,12,16H,4,23H2,1-2H3,(H,25,26,27)/t12-,16-/m1/s1. The first-order chi connectivity index (χ1) is 13.0. The molecule has 2 heterocycles. The zero-order valence-corrected chi connectivity index (χ0v) is 15.2. The summed E-state index contributed by atoms with van der Waals surface area (Å²) in [6, 6.07) is 9.52. The van der Waals surface area contributed by atoms with Gasteiger partial charge in [-0.1, -0.05) is 6.92 Å². The average Bonchev–Trinajstić information content (AvgIpc) is 3.38. The van der Waals surface area contributed by atoms with Gasteiger partial charge in [0.1, 0.15) is 17.6 Å². The van der Waals surface area contributed by atoms with Gasteiger partial charge in [-0.05, 0) is 60.0 Å². The first-order valence-corrected chi connectivity index (χ1v) is 8.83. The van der Waals surface area contributed by atoms with Crippen molar-refractivity contribution in [2.24, 2.45) is 11.8 Å². The number of nitrogens with two attached hydrogens (primary N) is 1. The topological polar surface area (TPSA) is 105 Å². The van der Waals surface area contributed by atoms with Gasteiger partial charge in [-0.15, -0.1) is 0 Å². The molecule has 1 aliphatic carbocycles. The third-order valence-electron chi connectivity index (χ3n) is 5.10. The van der Waals surface area contributed by atoms with Crippen LogP contribution >= 0.6 is 0 Å². The molecule has 0 bridgehead atoms. The number of carbonyl (C=O) groups is 1. The highest BCUT2D eigenvalue weighted by molar-refractivity contribution is 6.00. The maximum Gasteiger partial charge on any atom is 0.228 e. The van der Waals surface area contributed by atoms with Crippen molar-refractivity contribution in [1.82, 2.24) is 9.97 Å². The Morgan fingerprint density at radius 2 is 2.04 bits per heavy atom. The molecular formula is C21H19N5O. The van der Waals surface area contributed by atoms with Crippen LogP contribution in [0.5, 0.6) is 0 Å². The van der Waals surface area contributed by atoms with Crippen LogP contribution in [0.15, 0.2) is 36.7 Å². The molecule has 3 N–H and O–H groups in total. The number of nitrogens with one attached hydrogen (secondary N) is 1. The number of pyridine rings is 2. The molecule has 3 aromatic rings. The molecule has 4 rings (SSSR count). The Morgan fingerprint density at radius 3 is 2.70 bits per heavy atom. The van der Waals surface area contributed by atoms with E-state index < -0.39 is 0 Å². The van der Waals surface area contributed by atoms with E-state index in [0.717, 1.165) is 33.9 Å². The van der Waals surface area contributed by atoms with Crippen molar-refractivity contribution in [3.05, 3.63) is 47.9 Å². The maximum atomic E-state index is 12.2. The molecule has 134 valence electrons. The molecule has 0 aliphatic heterocycles. The van der Waals surface area contributed by atoms with Gasteiger partial charge in [-0.3, -0.25) is 4.79 Å². The molecule has 1 aromatic carbocycles. The predicted molar refractivity (Wildman–Crippen MR) is 105 cm³/mol. The molecule has 1 aliphatic rings. The molecule has 2 atom stereocenters. The second-order valence-corrected chi connectivity index (χ2v) is 7.16. The molecule has 1 saturated carbocycles. The highest BCUT2D eigenvalue weighted by atomic mass is 16.2. The lowest BCUT2D eigenvalue weighted by atomic mass is 9.98. The van der Waals surface area contributed by atoms with Crippen molar-refractivity contribution in [2.75, 3.05) is 11.1 Å². The highest BCUT2D eigenvalue weighted by Crippen LogP contribution is 2.38. The van der Waals surface area contributed by atoms with Gasteiger partial charge in [0.15, 0.2) is 0 Å². The summed E-state index contributed by atoms with van der Waals surface area (Å²) in [7, 11) is 0. The number of aryl methyl sites for hydroxylation is 1. The Morgan fingerprint density at radius 1 is 1.26 bits per heavy atom. The second kappa shape index (κ2) is 6.36. The van der Waals surface area contributed by atoms with Gasteiger partial charge >= 0.3 is 0 Å². The lowest BCUT2D eigenvalue weighted by Crippen LogP contribution is -2.15. The highest BCUT2D eigenvalue weighted by Gasteiger charge is 2.39. The number of fused-ring (bicyclic) bond motifs is 1. The van der Waals surface area contributed by atoms with E-state index in [2.05, 4.69) is 22.2 Å². The fourth-order valence-corrected chi connectivity index (χ4v) is 3.34. The minimum Gasteiger partial charge on any atom is -0.398 e. The van der Waals surface area contributed by atoms with Gasteiger partial charge in [0.05, 0.1) is 0 Å². The minimum absolute atomic E-state index is 0.0191. The normalized spacial score (nSPS) is 18.1. The number of nitrogens with zero attached hydrogens (tertiary/aromatic N) is 3. The van der Waals surface area contributed by atoms with Crippen LogP contribution in [0, 0.1) is 30.1 Å². The van der Waals surface area contributed by atoms with Crippen molar-refractivity contribution in [2.45, 2.75) is 20.3 Å². The van der Waals surface area contributed by atoms with E-state index in [1.165, 1.54) is 0 Å². The third kappa shape index (κ3) is 3.20. The lowest BCUT2D eigenvalue weighted by molar-refractivity contribution is -0.117. The summed E-state index contributed by atoms with van der Waals surface area (Å²) < 4.78 is 0.